The van der Waals surface area contributed by atoms with Crippen molar-refractivity contribution in [3.63, 3.8) is 0 Å². The molecule has 0 bridgehead atoms. The fraction of sp³-hybridized carbons (Fsp3) is 0.417. The van der Waals surface area contributed by atoms with Crippen LogP contribution in [0.25, 0.3) is 0 Å². The van der Waals surface area contributed by atoms with Gasteiger partial charge in [0.15, 0.2) is 6.10 Å². The molecule has 1 aliphatic heterocycles. The van der Waals surface area contributed by atoms with E-state index in [1.165, 1.54) is 12.0 Å². The van der Waals surface area contributed by atoms with Gasteiger partial charge in [0.1, 0.15) is 5.75 Å². The maximum absolute atomic E-state index is 12.9. The summed E-state index contributed by atoms with van der Waals surface area (Å²) >= 11 is 0. The number of amides is 3. The van der Waals surface area contributed by atoms with Gasteiger partial charge in [-0.05, 0) is 50.5 Å². The second kappa shape index (κ2) is 8.78. The smallest absolute Gasteiger partial charge is 0.319 e. The molecule has 1 heterocycles. The molecule has 2 N–H and O–H groups in total. The molecule has 1 fully saturated rings. The molecule has 0 aromatic heterocycles. The second-order valence-corrected chi connectivity index (χ2v) is 8.29. The number of aryl methyl sites for hydroxylation is 1. The van der Waals surface area contributed by atoms with Crippen LogP contribution in [0.15, 0.2) is 42.5 Å². The van der Waals surface area contributed by atoms with Gasteiger partial charge in [-0.3, -0.25) is 4.79 Å². The van der Waals surface area contributed by atoms with Gasteiger partial charge in [0.2, 0.25) is 0 Å². The second-order valence-electron chi connectivity index (χ2n) is 8.29. The Morgan fingerprint density at radius 1 is 1.10 bits per heavy atom. The third kappa shape index (κ3) is 4.58. The number of urea groups is 1. The molecule has 3 amide bonds. The van der Waals surface area contributed by atoms with Crippen LogP contribution in [-0.2, 0) is 11.3 Å². The predicted molar refractivity (Wildman–Crippen MR) is 118 cm³/mol. The van der Waals surface area contributed by atoms with Crippen LogP contribution >= 0.6 is 0 Å². The Bertz CT molecular complexity index is 920. The first kappa shape index (κ1) is 20.3. The van der Waals surface area contributed by atoms with Crippen molar-refractivity contribution in [2.75, 3.05) is 10.2 Å². The summed E-state index contributed by atoms with van der Waals surface area (Å²) in [6.45, 7) is 4.26. The van der Waals surface area contributed by atoms with Crippen LogP contribution in [0.4, 0.5) is 16.2 Å². The highest BCUT2D eigenvalue weighted by Crippen LogP contribution is 2.37. The number of nitrogens with one attached hydrogen (secondary N) is 2. The Hall–Kier alpha value is -3.02. The molecular formula is C24H29N3O3. The van der Waals surface area contributed by atoms with Crippen molar-refractivity contribution in [1.29, 1.82) is 0 Å². The first-order valence-electron chi connectivity index (χ1n) is 10.7. The number of benzene rings is 2. The van der Waals surface area contributed by atoms with E-state index in [-0.39, 0.29) is 18.0 Å². The lowest BCUT2D eigenvalue weighted by atomic mass is 9.96. The normalized spacial score (nSPS) is 19.1. The molecule has 30 heavy (non-hydrogen) atoms. The van der Waals surface area contributed by atoms with Gasteiger partial charge >= 0.3 is 6.03 Å². The number of rotatable bonds is 4. The number of anilines is 2. The van der Waals surface area contributed by atoms with Crippen molar-refractivity contribution in [2.45, 2.75) is 64.6 Å². The molecular weight excluding hydrogens is 378 g/mol. The van der Waals surface area contributed by atoms with E-state index in [0.29, 0.717) is 23.7 Å². The van der Waals surface area contributed by atoms with Crippen molar-refractivity contribution in [3.8, 4) is 5.75 Å². The summed E-state index contributed by atoms with van der Waals surface area (Å²) in [6, 6.07) is 13.6. The number of carbonyl (C=O) groups excluding carboxylic acids is 2. The van der Waals surface area contributed by atoms with Gasteiger partial charge in [-0.15, -0.1) is 0 Å². The topological polar surface area (TPSA) is 70.7 Å². The van der Waals surface area contributed by atoms with Crippen LogP contribution < -0.4 is 20.3 Å². The average molecular weight is 408 g/mol. The van der Waals surface area contributed by atoms with Crippen molar-refractivity contribution >= 4 is 23.3 Å². The van der Waals surface area contributed by atoms with E-state index < -0.39 is 6.10 Å². The molecule has 4 rings (SSSR count). The van der Waals surface area contributed by atoms with Gasteiger partial charge in [0, 0.05) is 11.7 Å². The predicted octanol–water partition coefficient (Wildman–Crippen LogP) is 4.76. The number of ether oxygens (including phenoxy) is 1. The fourth-order valence-corrected chi connectivity index (χ4v) is 4.12. The van der Waals surface area contributed by atoms with E-state index in [9.17, 15) is 9.59 Å². The molecule has 158 valence electrons. The Morgan fingerprint density at radius 2 is 1.83 bits per heavy atom. The van der Waals surface area contributed by atoms with Crippen molar-refractivity contribution in [2.24, 2.45) is 0 Å². The Balaban J connectivity index is 1.52. The summed E-state index contributed by atoms with van der Waals surface area (Å²) in [6.07, 6.45) is 5.08. The lowest BCUT2D eigenvalue weighted by molar-refractivity contribution is -0.125. The lowest BCUT2D eigenvalue weighted by Crippen LogP contribution is -2.44. The third-order valence-corrected chi connectivity index (χ3v) is 5.83. The molecule has 1 atom stereocenters. The Labute approximate surface area is 177 Å². The molecule has 1 aliphatic carbocycles. The molecule has 2 aromatic rings. The monoisotopic (exact) mass is 407 g/mol. The lowest BCUT2D eigenvalue weighted by Gasteiger charge is -2.33. The van der Waals surface area contributed by atoms with E-state index in [4.69, 9.17) is 4.74 Å². The third-order valence-electron chi connectivity index (χ3n) is 5.83. The zero-order valence-corrected chi connectivity index (χ0v) is 17.6. The molecule has 2 aliphatic rings. The quantitative estimate of drug-likeness (QED) is 0.767. The van der Waals surface area contributed by atoms with E-state index in [2.05, 4.69) is 10.6 Å². The Morgan fingerprint density at radius 3 is 2.57 bits per heavy atom. The molecule has 0 spiro atoms. The molecule has 0 radical (unpaired) electrons. The summed E-state index contributed by atoms with van der Waals surface area (Å²) in [5.74, 6) is 0.555. The Kier molecular flexibility index (Phi) is 5.93. The van der Waals surface area contributed by atoms with Crippen LogP contribution in [0, 0.1) is 6.92 Å². The zero-order valence-electron chi connectivity index (χ0n) is 17.6. The van der Waals surface area contributed by atoms with Gasteiger partial charge in [-0.1, -0.05) is 49.1 Å². The summed E-state index contributed by atoms with van der Waals surface area (Å²) in [7, 11) is 0. The molecule has 6 heteroatoms. The first-order chi connectivity index (χ1) is 14.5. The van der Waals surface area contributed by atoms with Crippen LogP contribution in [0.2, 0.25) is 0 Å². The first-order valence-corrected chi connectivity index (χ1v) is 10.7. The zero-order chi connectivity index (χ0) is 21.1. The van der Waals surface area contributed by atoms with Gasteiger partial charge in [-0.25, -0.2) is 4.79 Å². The van der Waals surface area contributed by atoms with Gasteiger partial charge in [0.05, 0.1) is 12.2 Å². The van der Waals surface area contributed by atoms with Crippen LogP contribution in [0.1, 0.15) is 50.2 Å². The number of hydrogen-bond donors (Lipinski definition) is 2. The number of carbonyl (C=O) groups is 2. The summed E-state index contributed by atoms with van der Waals surface area (Å²) in [5, 5.41) is 5.97. The van der Waals surface area contributed by atoms with Gasteiger partial charge < -0.3 is 20.3 Å². The van der Waals surface area contributed by atoms with E-state index in [1.54, 1.807) is 11.8 Å². The SMILES string of the molecule is Cc1ccc(CN2C(=O)C(C)Oc3ccc(NC(=O)NC4CCCCC4)cc32)cc1. The maximum atomic E-state index is 12.9. The maximum Gasteiger partial charge on any atom is 0.319 e. The summed E-state index contributed by atoms with van der Waals surface area (Å²) in [5.41, 5.74) is 3.54. The number of fused-ring (bicyclic) bond motifs is 1. The minimum absolute atomic E-state index is 0.0908. The minimum atomic E-state index is -0.545. The highest BCUT2D eigenvalue weighted by atomic mass is 16.5. The molecule has 1 saturated carbocycles. The minimum Gasteiger partial charge on any atom is -0.479 e. The number of nitrogens with zero attached hydrogens (tertiary/aromatic N) is 1. The highest BCUT2D eigenvalue weighted by molar-refractivity contribution is 6.01. The fourth-order valence-electron chi connectivity index (χ4n) is 4.12. The van der Waals surface area contributed by atoms with E-state index in [1.807, 2.05) is 49.4 Å². The van der Waals surface area contributed by atoms with Gasteiger partial charge in [-0.2, -0.15) is 0 Å². The van der Waals surface area contributed by atoms with Gasteiger partial charge in [0.25, 0.3) is 5.91 Å². The van der Waals surface area contributed by atoms with Crippen molar-refractivity contribution in [3.05, 3.63) is 53.6 Å². The van der Waals surface area contributed by atoms with Crippen LogP contribution in [0.3, 0.4) is 0 Å². The molecule has 1 unspecified atom stereocenters. The van der Waals surface area contributed by atoms with E-state index in [0.717, 1.165) is 31.2 Å². The molecule has 2 aromatic carbocycles. The molecule has 6 nitrogen and oxygen atoms in total. The number of hydrogen-bond acceptors (Lipinski definition) is 3. The average Bonchev–Trinajstić information content (AvgIpc) is 2.74. The summed E-state index contributed by atoms with van der Waals surface area (Å²) in [4.78, 5) is 27.0. The van der Waals surface area contributed by atoms with E-state index >= 15 is 0 Å². The summed E-state index contributed by atoms with van der Waals surface area (Å²) < 4.78 is 5.79. The van der Waals surface area contributed by atoms with Crippen molar-refractivity contribution in [1.82, 2.24) is 5.32 Å². The van der Waals surface area contributed by atoms with Crippen LogP contribution in [-0.4, -0.2) is 24.1 Å². The standard InChI is InChI=1S/C24H29N3O3/c1-16-8-10-18(11-9-16)15-27-21-14-20(12-13-22(21)30-17(2)23(27)28)26-24(29)25-19-6-4-3-5-7-19/h8-14,17,19H,3-7,15H2,1-2H3,(H2,25,26,29). The highest BCUT2D eigenvalue weighted by Gasteiger charge is 2.32. The van der Waals surface area contributed by atoms with Crippen LogP contribution in [0.5, 0.6) is 5.75 Å². The largest absolute Gasteiger partial charge is 0.479 e. The molecule has 0 saturated heterocycles. The van der Waals surface area contributed by atoms with Crippen molar-refractivity contribution < 1.29 is 14.3 Å².